The lowest BCUT2D eigenvalue weighted by molar-refractivity contribution is -0.119. The number of anilines is 1. The number of hydrogen-bond donors (Lipinski definition) is 3. The van der Waals surface area contributed by atoms with Gasteiger partial charge >= 0.3 is 0 Å². The average molecular weight is 207 g/mol. The lowest BCUT2D eigenvalue weighted by Crippen LogP contribution is -2.31. The van der Waals surface area contributed by atoms with Crippen LogP contribution >= 0.6 is 0 Å². The summed E-state index contributed by atoms with van der Waals surface area (Å²) in [7, 11) is 0. The Morgan fingerprint density at radius 1 is 1.27 bits per heavy atom. The van der Waals surface area contributed by atoms with Crippen molar-refractivity contribution in [2.24, 2.45) is 5.73 Å². The van der Waals surface area contributed by atoms with Crippen LogP contribution in [-0.4, -0.2) is 25.5 Å². The molecule has 82 valence electrons. The van der Waals surface area contributed by atoms with Crippen LogP contribution in [0.5, 0.6) is 0 Å². The summed E-state index contributed by atoms with van der Waals surface area (Å²) >= 11 is 0. The topological polar surface area (TPSA) is 67.1 Å². The van der Waals surface area contributed by atoms with Gasteiger partial charge in [-0.05, 0) is 25.1 Å². The number of nitrogens with two attached hydrogens (primary N) is 1. The first kappa shape index (κ1) is 11.5. The van der Waals surface area contributed by atoms with Crippen LogP contribution in [0.1, 0.15) is 6.42 Å². The van der Waals surface area contributed by atoms with Crippen molar-refractivity contribution in [2.75, 3.05) is 25.0 Å². The Morgan fingerprint density at radius 3 is 2.67 bits per heavy atom. The first-order valence-corrected chi connectivity index (χ1v) is 5.08. The van der Waals surface area contributed by atoms with Crippen LogP contribution in [-0.2, 0) is 4.79 Å². The first-order valence-electron chi connectivity index (χ1n) is 5.08. The van der Waals surface area contributed by atoms with Crippen molar-refractivity contribution in [3.05, 3.63) is 30.3 Å². The molecule has 0 atom stereocenters. The van der Waals surface area contributed by atoms with Crippen molar-refractivity contribution in [2.45, 2.75) is 6.42 Å². The first-order chi connectivity index (χ1) is 7.33. The highest BCUT2D eigenvalue weighted by Gasteiger charge is 1.98. The quantitative estimate of drug-likeness (QED) is 0.597. The molecule has 0 aliphatic heterocycles. The molecule has 0 heterocycles. The maximum atomic E-state index is 11.3. The maximum absolute atomic E-state index is 11.3. The van der Waals surface area contributed by atoms with E-state index in [4.69, 9.17) is 5.73 Å². The Labute approximate surface area is 89.9 Å². The second-order valence-electron chi connectivity index (χ2n) is 3.21. The summed E-state index contributed by atoms with van der Waals surface area (Å²) in [6.07, 6.45) is 0.817. The van der Waals surface area contributed by atoms with Crippen molar-refractivity contribution < 1.29 is 4.79 Å². The van der Waals surface area contributed by atoms with Crippen LogP contribution in [0.3, 0.4) is 0 Å². The van der Waals surface area contributed by atoms with Gasteiger partial charge in [0.05, 0.1) is 6.54 Å². The highest BCUT2D eigenvalue weighted by Crippen LogP contribution is 2.03. The third-order valence-electron chi connectivity index (χ3n) is 1.93. The minimum Gasteiger partial charge on any atom is -0.376 e. The fourth-order valence-electron chi connectivity index (χ4n) is 1.13. The standard InChI is InChI=1S/C11H17N3O/c12-7-4-8-13-11(15)9-14-10-5-2-1-3-6-10/h1-3,5-6,14H,4,7-9,12H2,(H,13,15). The second-order valence-corrected chi connectivity index (χ2v) is 3.21. The number of amides is 1. The van der Waals surface area contributed by atoms with Crippen LogP contribution in [0.2, 0.25) is 0 Å². The van der Waals surface area contributed by atoms with E-state index < -0.39 is 0 Å². The summed E-state index contributed by atoms with van der Waals surface area (Å²) in [5.74, 6) is -0.00713. The summed E-state index contributed by atoms with van der Waals surface area (Å²) in [4.78, 5) is 11.3. The molecule has 0 aliphatic rings. The van der Waals surface area contributed by atoms with E-state index in [-0.39, 0.29) is 5.91 Å². The van der Waals surface area contributed by atoms with Crippen molar-refractivity contribution in [1.29, 1.82) is 0 Å². The Balaban J connectivity index is 2.17. The second kappa shape index (κ2) is 6.84. The molecule has 1 aromatic carbocycles. The summed E-state index contributed by atoms with van der Waals surface area (Å²) < 4.78 is 0. The minimum atomic E-state index is -0.00713. The monoisotopic (exact) mass is 207 g/mol. The van der Waals surface area contributed by atoms with E-state index in [9.17, 15) is 4.79 Å². The molecule has 15 heavy (non-hydrogen) atoms. The number of para-hydroxylation sites is 1. The molecule has 4 N–H and O–H groups in total. The number of carbonyl (C=O) groups is 1. The number of hydrogen-bond acceptors (Lipinski definition) is 3. The molecule has 4 nitrogen and oxygen atoms in total. The lowest BCUT2D eigenvalue weighted by Gasteiger charge is -2.06. The normalized spacial score (nSPS) is 9.67. The SMILES string of the molecule is NCCCNC(=O)CNc1ccccc1. The van der Waals surface area contributed by atoms with Gasteiger partial charge in [0.15, 0.2) is 0 Å². The molecule has 1 aromatic rings. The molecule has 0 saturated heterocycles. The fraction of sp³-hybridized carbons (Fsp3) is 0.364. The van der Waals surface area contributed by atoms with Crippen LogP contribution in [0.15, 0.2) is 30.3 Å². The molecule has 4 heteroatoms. The summed E-state index contributed by atoms with van der Waals surface area (Å²) in [5, 5.41) is 5.80. The van der Waals surface area contributed by atoms with E-state index >= 15 is 0 Å². The number of rotatable bonds is 6. The summed E-state index contributed by atoms with van der Waals surface area (Å²) in [5.41, 5.74) is 6.26. The van der Waals surface area contributed by atoms with Gasteiger partial charge in [-0.1, -0.05) is 18.2 Å². The van der Waals surface area contributed by atoms with Crippen molar-refractivity contribution in [1.82, 2.24) is 5.32 Å². The van der Waals surface area contributed by atoms with E-state index in [1.165, 1.54) is 0 Å². The van der Waals surface area contributed by atoms with Crippen LogP contribution in [0, 0.1) is 0 Å². The number of carbonyl (C=O) groups excluding carboxylic acids is 1. The van der Waals surface area contributed by atoms with Gasteiger partial charge in [-0.15, -0.1) is 0 Å². The molecular weight excluding hydrogens is 190 g/mol. The summed E-state index contributed by atoms with van der Waals surface area (Å²) in [6, 6.07) is 9.64. The van der Waals surface area contributed by atoms with Gasteiger partial charge in [-0.25, -0.2) is 0 Å². The predicted molar refractivity (Wildman–Crippen MR) is 61.6 cm³/mol. The number of nitrogens with one attached hydrogen (secondary N) is 2. The van der Waals surface area contributed by atoms with Gasteiger partial charge in [-0.3, -0.25) is 4.79 Å². The molecule has 0 bridgehead atoms. The van der Waals surface area contributed by atoms with Gasteiger partial charge in [0.1, 0.15) is 0 Å². The zero-order chi connectivity index (χ0) is 10.9. The maximum Gasteiger partial charge on any atom is 0.239 e. The number of benzene rings is 1. The molecule has 0 aromatic heterocycles. The Bertz CT molecular complexity index is 287. The predicted octanol–water partition coefficient (Wildman–Crippen LogP) is 0.563. The molecule has 1 amide bonds. The average Bonchev–Trinajstić information content (AvgIpc) is 2.28. The molecule has 0 spiro atoms. The van der Waals surface area contributed by atoms with Gasteiger partial charge in [0.25, 0.3) is 0 Å². The van der Waals surface area contributed by atoms with Gasteiger partial charge < -0.3 is 16.4 Å². The molecule has 0 saturated carbocycles. The van der Waals surface area contributed by atoms with Crippen molar-refractivity contribution in [3.63, 3.8) is 0 Å². The molecule has 0 aliphatic carbocycles. The van der Waals surface area contributed by atoms with Crippen LogP contribution in [0.25, 0.3) is 0 Å². The molecule has 1 rings (SSSR count). The summed E-state index contributed by atoms with van der Waals surface area (Å²) in [6.45, 7) is 1.55. The third kappa shape index (κ3) is 5.02. The Morgan fingerprint density at radius 2 is 2.00 bits per heavy atom. The van der Waals surface area contributed by atoms with E-state index in [0.29, 0.717) is 19.6 Å². The Hall–Kier alpha value is -1.55. The van der Waals surface area contributed by atoms with Gasteiger partial charge in [0.2, 0.25) is 5.91 Å². The minimum absolute atomic E-state index is 0.00713. The van der Waals surface area contributed by atoms with E-state index in [1.54, 1.807) is 0 Å². The zero-order valence-corrected chi connectivity index (χ0v) is 8.70. The molecule has 0 unspecified atom stereocenters. The van der Waals surface area contributed by atoms with Crippen molar-refractivity contribution >= 4 is 11.6 Å². The highest BCUT2D eigenvalue weighted by atomic mass is 16.1. The van der Waals surface area contributed by atoms with E-state index in [2.05, 4.69) is 10.6 Å². The molecule has 0 fully saturated rings. The fourth-order valence-corrected chi connectivity index (χ4v) is 1.13. The zero-order valence-electron chi connectivity index (χ0n) is 8.70. The lowest BCUT2D eigenvalue weighted by atomic mass is 10.3. The van der Waals surface area contributed by atoms with Crippen LogP contribution < -0.4 is 16.4 Å². The van der Waals surface area contributed by atoms with E-state index in [0.717, 1.165) is 12.1 Å². The highest BCUT2D eigenvalue weighted by molar-refractivity contribution is 5.80. The van der Waals surface area contributed by atoms with Gasteiger partial charge in [0, 0.05) is 12.2 Å². The van der Waals surface area contributed by atoms with Gasteiger partial charge in [-0.2, -0.15) is 0 Å². The van der Waals surface area contributed by atoms with E-state index in [1.807, 2.05) is 30.3 Å². The Kier molecular flexibility index (Phi) is 5.25. The molecule has 0 radical (unpaired) electrons. The van der Waals surface area contributed by atoms with Crippen molar-refractivity contribution in [3.8, 4) is 0 Å². The molecular formula is C11H17N3O. The third-order valence-corrected chi connectivity index (χ3v) is 1.93. The largest absolute Gasteiger partial charge is 0.376 e. The smallest absolute Gasteiger partial charge is 0.239 e. The van der Waals surface area contributed by atoms with Crippen LogP contribution in [0.4, 0.5) is 5.69 Å².